The van der Waals surface area contributed by atoms with Crippen LogP contribution < -0.4 is 5.73 Å². The van der Waals surface area contributed by atoms with Crippen LogP contribution in [0.2, 0.25) is 0 Å². The van der Waals surface area contributed by atoms with Gasteiger partial charge < -0.3 is 10.5 Å². The SMILES string of the molecule is CC(C)(C)OC(=O)N(C=O)Cc1cccc(N)c1. The van der Waals surface area contributed by atoms with Crippen molar-refractivity contribution in [2.45, 2.75) is 32.9 Å². The second-order valence-corrected chi connectivity index (χ2v) is 4.96. The molecule has 0 saturated heterocycles. The number of nitrogen functional groups attached to an aromatic ring is 1. The number of imide groups is 1. The summed E-state index contributed by atoms with van der Waals surface area (Å²) in [7, 11) is 0. The average molecular weight is 250 g/mol. The van der Waals surface area contributed by atoms with Gasteiger partial charge in [-0.1, -0.05) is 12.1 Å². The number of hydrogen-bond acceptors (Lipinski definition) is 4. The van der Waals surface area contributed by atoms with Gasteiger partial charge in [-0.05, 0) is 38.5 Å². The number of benzene rings is 1. The third kappa shape index (κ3) is 4.45. The maximum atomic E-state index is 11.7. The van der Waals surface area contributed by atoms with Crippen molar-refractivity contribution >= 4 is 18.2 Å². The molecule has 98 valence electrons. The van der Waals surface area contributed by atoms with Crippen LogP contribution in [0.4, 0.5) is 10.5 Å². The summed E-state index contributed by atoms with van der Waals surface area (Å²) in [5, 5.41) is 0. The highest BCUT2D eigenvalue weighted by molar-refractivity contribution is 5.80. The number of hydrogen-bond donors (Lipinski definition) is 1. The van der Waals surface area contributed by atoms with Crippen LogP contribution in [-0.2, 0) is 16.1 Å². The first kappa shape index (κ1) is 14.0. The van der Waals surface area contributed by atoms with Crippen molar-refractivity contribution in [2.75, 3.05) is 5.73 Å². The minimum atomic E-state index is -0.667. The van der Waals surface area contributed by atoms with E-state index < -0.39 is 11.7 Å². The van der Waals surface area contributed by atoms with E-state index in [-0.39, 0.29) is 6.54 Å². The van der Waals surface area contributed by atoms with E-state index in [1.165, 1.54) is 0 Å². The number of ether oxygens (including phenoxy) is 1. The van der Waals surface area contributed by atoms with E-state index in [4.69, 9.17) is 10.5 Å². The highest BCUT2D eigenvalue weighted by Gasteiger charge is 2.21. The summed E-state index contributed by atoms with van der Waals surface area (Å²) in [6, 6.07) is 7.00. The molecule has 0 bridgehead atoms. The van der Waals surface area contributed by atoms with Crippen LogP contribution >= 0.6 is 0 Å². The van der Waals surface area contributed by atoms with Crippen molar-refractivity contribution in [3.8, 4) is 0 Å². The molecular weight excluding hydrogens is 232 g/mol. The fraction of sp³-hybridized carbons (Fsp3) is 0.385. The molecule has 0 aliphatic carbocycles. The number of carbonyl (C=O) groups is 2. The second-order valence-electron chi connectivity index (χ2n) is 4.96. The molecule has 5 heteroatoms. The second kappa shape index (κ2) is 5.53. The Morgan fingerprint density at radius 3 is 2.61 bits per heavy atom. The van der Waals surface area contributed by atoms with E-state index >= 15 is 0 Å². The van der Waals surface area contributed by atoms with Gasteiger partial charge in [0.1, 0.15) is 5.60 Å². The van der Waals surface area contributed by atoms with Crippen molar-refractivity contribution in [1.82, 2.24) is 4.90 Å². The summed E-state index contributed by atoms with van der Waals surface area (Å²) in [4.78, 5) is 23.6. The molecule has 0 aliphatic heterocycles. The molecule has 0 atom stereocenters. The third-order valence-corrected chi connectivity index (χ3v) is 2.06. The molecule has 0 heterocycles. The number of nitrogens with zero attached hydrogens (tertiary/aromatic N) is 1. The molecule has 0 spiro atoms. The number of rotatable bonds is 3. The van der Waals surface area contributed by atoms with Gasteiger partial charge in [0.2, 0.25) is 6.41 Å². The normalized spacial score (nSPS) is 10.8. The van der Waals surface area contributed by atoms with Crippen molar-refractivity contribution in [2.24, 2.45) is 0 Å². The predicted octanol–water partition coefficient (Wildman–Crippen LogP) is 2.16. The molecule has 0 aliphatic rings. The van der Waals surface area contributed by atoms with Gasteiger partial charge >= 0.3 is 6.09 Å². The molecule has 0 fully saturated rings. The minimum Gasteiger partial charge on any atom is -0.443 e. The summed E-state index contributed by atoms with van der Waals surface area (Å²) in [5.41, 5.74) is 6.36. The van der Waals surface area contributed by atoms with Gasteiger partial charge in [0.25, 0.3) is 0 Å². The topological polar surface area (TPSA) is 72.6 Å². The third-order valence-electron chi connectivity index (χ3n) is 2.06. The Morgan fingerprint density at radius 2 is 2.11 bits per heavy atom. The zero-order valence-electron chi connectivity index (χ0n) is 10.8. The number of amides is 2. The minimum absolute atomic E-state index is 0.142. The largest absolute Gasteiger partial charge is 0.443 e. The van der Waals surface area contributed by atoms with Crippen LogP contribution in [-0.4, -0.2) is 23.0 Å². The quantitative estimate of drug-likeness (QED) is 0.659. The first-order valence-corrected chi connectivity index (χ1v) is 5.61. The van der Waals surface area contributed by atoms with E-state index in [9.17, 15) is 9.59 Å². The first-order valence-electron chi connectivity index (χ1n) is 5.61. The van der Waals surface area contributed by atoms with Gasteiger partial charge in [0, 0.05) is 5.69 Å². The lowest BCUT2D eigenvalue weighted by Crippen LogP contribution is -2.35. The smallest absolute Gasteiger partial charge is 0.417 e. The number of carbonyl (C=O) groups excluding carboxylic acids is 2. The molecule has 1 rings (SSSR count). The fourth-order valence-corrected chi connectivity index (χ4v) is 1.35. The van der Waals surface area contributed by atoms with Crippen LogP contribution in [0.15, 0.2) is 24.3 Å². The average Bonchev–Trinajstić information content (AvgIpc) is 2.23. The summed E-state index contributed by atoms with van der Waals surface area (Å²) in [5.74, 6) is 0. The van der Waals surface area contributed by atoms with Gasteiger partial charge in [-0.15, -0.1) is 0 Å². The van der Waals surface area contributed by atoms with Crippen molar-refractivity contribution < 1.29 is 14.3 Å². The number of nitrogens with two attached hydrogens (primary N) is 1. The van der Waals surface area contributed by atoms with Gasteiger partial charge in [-0.25, -0.2) is 9.69 Å². The Hall–Kier alpha value is -2.04. The molecule has 1 aromatic rings. The van der Waals surface area contributed by atoms with E-state index in [2.05, 4.69) is 0 Å². The Labute approximate surface area is 107 Å². The lowest BCUT2D eigenvalue weighted by atomic mass is 10.2. The summed E-state index contributed by atoms with van der Waals surface area (Å²) < 4.78 is 5.12. The molecule has 1 aromatic carbocycles. The van der Waals surface area contributed by atoms with Crippen molar-refractivity contribution in [3.05, 3.63) is 29.8 Å². The van der Waals surface area contributed by atoms with E-state index in [0.717, 1.165) is 10.5 Å². The molecule has 0 radical (unpaired) electrons. The Kier molecular flexibility index (Phi) is 4.31. The zero-order chi connectivity index (χ0) is 13.8. The van der Waals surface area contributed by atoms with Crippen molar-refractivity contribution in [1.29, 1.82) is 0 Å². The first-order chi connectivity index (χ1) is 8.31. The van der Waals surface area contributed by atoms with Crippen LogP contribution in [0.3, 0.4) is 0 Å². The van der Waals surface area contributed by atoms with Gasteiger partial charge in [0.15, 0.2) is 0 Å². The Balaban J connectivity index is 2.73. The molecule has 2 N–H and O–H groups in total. The lowest BCUT2D eigenvalue weighted by Gasteiger charge is -2.23. The van der Waals surface area contributed by atoms with E-state index in [1.54, 1.807) is 45.0 Å². The van der Waals surface area contributed by atoms with Gasteiger partial charge in [-0.3, -0.25) is 4.79 Å². The predicted molar refractivity (Wildman–Crippen MR) is 68.7 cm³/mol. The molecule has 2 amide bonds. The molecule has 0 aromatic heterocycles. The molecular formula is C13H18N2O3. The summed E-state index contributed by atoms with van der Waals surface area (Å²) in [6.07, 6.45) is -0.211. The molecule has 5 nitrogen and oxygen atoms in total. The highest BCUT2D eigenvalue weighted by Crippen LogP contribution is 2.13. The monoisotopic (exact) mass is 250 g/mol. The van der Waals surface area contributed by atoms with E-state index in [0.29, 0.717) is 12.1 Å². The van der Waals surface area contributed by atoms with Crippen molar-refractivity contribution in [3.63, 3.8) is 0 Å². The summed E-state index contributed by atoms with van der Waals surface area (Å²) >= 11 is 0. The standard InChI is InChI=1S/C13H18N2O3/c1-13(2,3)18-12(17)15(9-16)8-10-5-4-6-11(14)7-10/h4-7,9H,8,14H2,1-3H3. The van der Waals surface area contributed by atoms with Crippen LogP contribution in [0, 0.1) is 0 Å². The fourth-order valence-electron chi connectivity index (χ4n) is 1.35. The van der Waals surface area contributed by atoms with Gasteiger partial charge in [-0.2, -0.15) is 0 Å². The lowest BCUT2D eigenvalue weighted by molar-refractivity contribution is -0.118. The summed E-state index contributed by atoms with van der Waals surface area (Å²) in [6.45, 7) is 5.38. The molecule has 18 heavy (non-hydrogen) atoms. The zero-order valence-corrected chi connectivity index (χ0v) is 10.8. The Bertz CT molecular complexity index is 438. The van der Waals surface area contributed by atoms with E-state index in [1.807, 2.05) is 0 Å². The Morgan fingerprint density at radius 1 is 1.44 bits per heavy atom. The van der Waals surface area contributed by atoms with Crippen LogP contribution in [0.25, 0.3) is 0 Å². The maximum Gasteiger partial charge on any atom is 0.417 e. The number of anilines is 1. The van der Waals surface area contributed by atoms with Gasteiger partial charge in [0.05, 0.1) is 6.54 Å². The van der Waals surface area contributed by atoms with Crippen LogP contribution in [0.5, 0.6) is 0 Å². The maximum absolute atomic E-state index is 11.7. The van der Waals surface area contributed by atoms with Crippen LogP contribution in [0.1, 0.15) is 26.3 Å². The molecule has 0 unspecified atom stereocenters. The molecule has 0 saturated carbocycles. The highest BCUT2D eigenvalue weighted by atomic mass is 16.6.